The Kier molecular flexibility index (Phi) is 4.98. The van der Waals surface area contributed by atoms with Crippen molar-refractivity contribution in [1.82, 2.24) is 9.88 Å². The van der Waals surface area contributed by atoms with Crippen molar-refractivity contribution in [2.24, 2.45) is 5.92 Å². The summed E-state index contributed by atoms with van der Waals surface area (Å²) >= 11 is 0. The number of amides is 1. The molecule has 1 aromatic heterocycles. The van der Waals surface area contributed by atoms with E-state index in [4.69, 9.17) is 0 Å². The zero-order valence-electron chi connectivity index (χ0n) is 12.5. The van der Waals surface area contributed by atoms with Crippen LogP contribution in [0.3, 0.4) is 0 Å². The van der Waals surface area contributed by atoms with Gasteiger partial charge in [-0.1, -0.05) is 13.8 Å². The van der Waals surface area contributed by atoms with Crippen molar-refractivity contribution in [3.8, 4) is 0 Å². The van der Waals surface area contributed by atoms with E-state index >= 15 is 0 Å². The van der Waals surface area contributed by atoms with Crippen LogP contribution in [0.5, 0.6) is 0 Å². The van der Waals surface area contributed by atoms with E-state index in [1.807, 2.05) is 26.0 Å². The Morgan fingerprint density at radius 1 is 1.38 bits per heavy atom. The minimum Gasteiger partial charge on any atom is -0.335 e. The number of likely N-dealkylation sites (tertiary alicyclic amines) is 1. The molecule has 1 aliphatic rings. The first-order valence-electron chi connectivity index (χ1n) is 7.29. The Bertz CT molecular complexity index is 584. The standard InChI is InChI=1S/C15H22N2O3S/c1-12(2)10-21(19,20)11-15(18)17-9-3-4-14(17)13-5-7-16-8-6-13/h5-8,12,14H,3-4,9-11H2,1-2H3/t14-/m0/s1. The molecule has 2 heterocycles. The van der Waals surface area contributed by atoms with Gasteiger partial charge in [-0.3, -0.25) is 9.78 Å². The molecule has 1 aliphatic heterocycles. The summed E-state index contributed by atoms with van der Waals surface area (Å²) in [5.74, 6) is -0.563. The van der Waals surface area contributed by atoms with E-state index in [1.54, 1.807) is 17.3 Å². The SMILES string of the molecule is CC(C)CS(=O)(=O)CC(=O)N1CCC[C@H]1c1ccncc1. The normalized spacial score (nSPS) is 19.2. The maximum atomic E-state index is 12.4. The second-order valence-electron chi connectivity index (χ2n) is 5.97. The molecule has 21 heavy (non-hydrogen) atoms. The molecule has 1 aromatic rings. The Labute approximate surface area is 126 Å². The zero-order valence-corrected chi connectivity index (χ0v) is 13.3. The quantitative estimate of drug-likeness (QED) is 0.832. The fourth-order valence-corrected chi connectivity index (χ4v) is 4.51. The van der Waals surface area contributed by atoms with Gasteiger partial charge in [0.1, 0.15) is 5.75 Å². The van der Waals surface area contributed by atoms with Crippen LogP contribution in [0, 0.1) is 5.92 Å². The average molecular weight is 310 g/mol. The monoisotopic (exact) mass is 310 g/mol. The number of hydrogen-bond acceptors (Lipinski definition) is 4. The molecule has 116 valence electrons. The maximum absolute atomic E-state index is 12.4. The van der Waals surface area contributed by atoms with Crippen molar-refractivity contribution < 1.29 is 13.2 Å². The van der Waals surface area contributed by atoms with Gasteiger partial charge >= 0.3 is 0 Å². The van der Waals surface area contributed by atoms with Crippen LogP contribution in [-0.4, -0.2) is 42.3 Å². The summed E-state index contributed by atoms with van der Waals surface area (Å²) in [4.78, 5) is 18.0. The van der Waals surface area contributed by atoms with Crippen molar-refractivity contribution in [2.75, 3.05) is 18.1 Å². The lowest BCUT2D eigenvalue weighted by molar-refractivity contribution is -0.129. The first kappa shape index (κ1) is 15.9. The van der Waals surface area contributed by atoms with Gasteiger partial charge in [-0.2, -0.15) is 0 Å². The Balaban J connectivity index is 2.08. The smallest absolute Gasteiger partial charge is 0.238 e. The number of carbonyl (C=O) groups is 1. The fourth-order valence-electron chi connectivity index (χ4n) is 2.84. The first-order chi connectivity index (χ1) is 9.89. The van der Waals surface area contributed by atoms with Crippen LogP contribution in [0.2, 0.25) is 0 Å². The van der Waals surface area contributed by atoms with E-state index < -0.39 is 9.84 Å². The van der Waals surface area contributed by atoms with Crippen LogP contribution in [-0.2, 0) is 14.6 Å². The van der Waals surface area contributed by atoms with Crippen molar-refractivity contribution in [1.29, 1.82) is 0 Å². The first-order valence-corrected chi connectivity index (χ1v) is 9.11. The second kappa shape index (κ2) is 6.56. The van der Waals surface area contributed by atoms with Crippen molar-refractivity contribution in [3.05, 3.63) is 30.1 Å². The van der Waals surface area contributed by atoms with Crippen molar-refractivity contribution in [2.45, 2.75) is 32.7 Å². The van der Waals surface area contributed by atoms with Gasteiger partial charge in [-0.25, -0.2) is 8.42 Å². The van der Waals surface area contributed by atoms with Crippen molar-refractivity contribution in [3.63, 3.8) is 0 Å². The Morgan fingerprint density at radius 2 is 2.05 bits per heavy atom. The highest BCUT2D eigenvalue weighted by atomic mass is 32.2. The second-order valence-corrected chi connectivity index (χ2v) is 8.08. The molecule has 0 aromatic carbocycles. The summed E-state index contributed by atoms with van der Waals surface area (Å²) in [7, 11) is -3.33. The molecule has 0 aliphatic carbocycles. The van der Waals surface area contributed by atoms with Gasteiger partial charge in [0.25, 0.3) is 0 Å². The summed E-state index contributed by atoms with van der Waals surface area (Å²) in [6.45, 7) is 4.32. The van der Waals surface area contributed by atoms with E-state index in [-0.39, 0.29) is 29.4 Å². The highest BCUT2D eigenvalue weighted by Crippen LogP contribution is 2.31. The lowest BCUT2D eigenvalue weighted by atomic mass is 10.1. The summed E-state index contributed by atoms with van der Waals surface area (Å²) < 4.78 is 24.0. The van der Waals surface area contributed by atoms with Crippen LogP contribution >= 0.6 is 0 Å². The van der Waals surface area contributed by atoms with E-state index in [0.29, 0.717) is 6.54 Å². The van der Waals surface area contributed by atoms with Gasteiger partial charge in [0.05, 0.1) is 11.8 Å². The number of sulfone groups is 1. The molecule has 0 N–H and O–H groups in total. The predicted molar refractivity (Wildman–Crippen MR) is 81.4 cm³/mol. The number of nitrogens with zero attached hydrogens (tertiary/aromatic N) is 2. The summed E-state index contributed by atoms with van der Waals surface area (Å²) in [5, 5.41) is 0. The highest BCUT2D eigenvalue weighted by molar-refractivity contribution is 7.92. The molecule has 0 unspecified atom stereocenters. The van der Waals surface area contributed by atoms with E-state index in [2.05, 4.69) is 4.98 Å². The molecule has 2 rings (SSSR count). The molecular weight excluding hydrogens is 288 g/mol. The minimum atomic E-state index is -3.33. The summed E-state index contributed by atoms with van der Waals surface area (Å²) in [5.41, 5.74) is 1.03. The molecule has 0 saturated carbocycles. The lowest BCUT2D eigenvalue weighted by Gasteiger charge is -2.25. The van der Waals surface area contributed by atoms with Crippen molar-refractivity contribution >= 4 is 15.7 Å². The van der Waals surface area contributed by atoms with Crippen LogP contribution in [0.1, 0.15) is 38.3 Å². The zero-order chi connectivity index (χ0) is 15.5. The topological polar surface area (TPSA) is 67.3 Å². The van der Waals surface area contributed by atoms with Gasteiger partial charge in [0.2, 0.25) is 5.91 Å². The molecular formula is C15H22N2O3S. The molecule has 1 amide bonds. The van der Waals surface area contributed by atoms with E-state index in [9.17, 15) is 13.2 Å². The largest absolute Gasteiger partial charge is 0.335 e. The minimum absolute atomic E-state index is 0.0188. The number of rotatable bonds is 5. The Hall–Kier alpha value is -1.43. The summed E-state index contributed by atoms with van der Waals surface area (Å²) in [6, 6.07) is 3.76. The van der Waals surface area contributed by atoms with Gasteiger partial charge in [0.15, 0.2) is 9.84 Å². The van der Waals surface area contributed by atoms with Gasteiger partial charge in [-0.15, -0.1) is 0 Å². The number of pyridine rings is 1. The van der Waals surface area contributed by atoms with Crippen LogP contribution < -0.4 is 0 Å². The molecule has 0 radical (unpaired) electrons. The number of hydrogen-bond donors (Lipinski definition) is 0. The predicted octanol–water partition coefficient (Wildman–Crippen LogP) is 1.82. The molecule has 6 heteroatoms. The maximum Gasteiger partial charge on any atom is 0.238 e. The molecule has 0 spiro atoms. The fraction of sp³-hybridized carbons (Fsp3) is 0.600. The Morgan fingerprint density at radius 3 is 2.67 bits per heavy atom. The molecule has 1 saturated heterocycles. The lowest BCUT2D eigenvalue weighted by Crippen LogP contribution is -2.36. The van der Waals surface area contributed by atoms with Gasteiger partial charge in [-0.05, 0) is 36.5 Å². The van der Waals surface area contributed by atoms with E-state index in [0.717, 1.165) is 18.4 Å². The number of carbonyl (C=O) groups excluding carboxylic acids is 1. The van der Waals surface area contributed by atoms with Crippen LogP contribution in [0.15, 0.2) is 24.5 Å². The van der Waals surface area contributed by atoms with Gasteiger partial charge in [0, 0.05) is 18.9 Å². The molecule has 0 bridgehead atoms. The highest BCUT2D eigenvalue weighted by Gasteiger charge is 2.32. The third-order valence-corrected chi connectivity index (χ3v) is 5.46. The third-order valence-electron chi connectivity index (χ3n) is 3.59. The average Bonchev–Trinajstić information content (AvgIpc) is 2.86. The molecule has 1 fully saturated rings. The molecule has 1 atom stereocenters. The summed E-state index contributed by atoms with van der Waals surface area (Å²) in [6.07, 6.45) is 5.18. The molecule has 5 nitrogen and oxygen atoms in total. The van der Waals surface area contributed by atoms with Gasteiger partial charge < -0.3 is 4.90 Å². The van der Waals surface area contributed by atoms with Crippen LogP contribution in [0.25, 0.3) is 0 Å². The van der Waals surface area contributed by atoms with E-state index in [1.165, 1.54) is 0 Å². The van der Waals surface area contributed by atoms with Crippen LogP contribution in [0.4, 0.5) is 0 Å². The third kappa shape index (κ3) is 4.27. The number of aromatic nitrogens is 1.